The second-order valence-corrected chi connectivity index (χ2v) is 4.47. The fraction of sp³-hybridized carbons (Fsp3) is 0. The average molecular weight is 312 g/mol. The first-order valence-corrected chi connectivity index (χ1v) is 5.67. The highest BCUT2D eigenvalue weighted by Crippen LogP contribution is 2.31. The maximum atomic E-state index is 13.7. The van der Waals surface area contributed by atoms with E-state index in [2.05, 4.69) is 15.9 Å². The van der Waals surface area contributed by atoms with Gasteiger partial charge in [0.05, 0.1) is 17.2 Å². The minimum absolute atomic E-state index is 0.149. The van der Waals surface area contributed by atoms with Gasteiger partial charge in [-0.05, 0) is 30.3 Å². The molecule has 0 radical (unpaired) electrons. The fourth-order valence-corrected chi connectivity index (χ4v) is 1.95. The fourth-order valence-electron chi connectivity index (χ4n) is 1.58. The molecule has 0 aliphatic heterocycles. The lowest BCUT2D eigenvalue weighted by Crippen LogP contribution is -1.95. The van der Waals surface area contributed by atoms with E-state index in [1.165, 1.54) is 12.1 Å². The first-order valence-electron chi connectivity index (χ1n) is 4.87. The van der Waals surface area contributed by atoms with Gasteiger partial charge in [-0.25, -0.2) is 13.2 Å². The highest BCUT2D eigenvalue weighted by Gasteiger charge is 2.17. The van der Waals surface area contributed by atoms with Gasteiger partial charge in [-0.2, -0.15) is 5.26 Å². The van der Waals surface area contributed by atoms with Gasteiger partial charge < -0.3 is 0 Å². The number of hydrogen-bond donors (Lipinski definition) is 0. The highest BCUT2D eigenvalue weighted by molar-refractivity contribution is 9.10. The van der Waals surface area contributed by atoms with Crippen LogP contribution in [0.1, 0.15) is 5.56 Å². The van der Waals surface area contributed by atoms with Crippen molar-refractivity contribution in [3.05, 3.63) is 57.8 Å². The largest absolute Gasteiger partial charge is 0.206 e. The van der Waals surface area contributed by atoms with Crippen LogP contribution in [0.25, 0.3) is 11.1 Å². The van der Waals surface area contributed by atoms with Gasteiger partial charge in [-0.1, -0.05) is 15.9 Å². The first kappa shape index (κ1) is 12.7. The molecule has 0 fully saturated rings. The molecule has 0 aliphatic rings. The third-order valence-electron chi connectivity index (χ3n) is 2.37. The van der Waals surface area contributed by atoms with Crippen LogP contribution in [0.5, 0.6) is 0 Å². The maximum Gasteiger partial charge on any atom is 0.135 e. The lowest BCUT2D eigenvalue weighted by atomic mass is 10.0. The molecule has 0 bridgehead atoms. The molecule has 1 nitrogen and oxygen atoms in total. The summed E-state index contributed by atoms with van der Waals surface area (Å²) in [4.78, 5) is 0. The van der Waals surface area contributed by atoms with Crippen molar-refractivity contribution in [3.8, 4) is 17.2 Å². The number of halogens is 4. The topological polar surface area (TPSA) is 23.8 Å². The van der Waals surface area contributed by atoms with Crippen LogP contribution >= 0.6 is 15.9 Å². The van der Waals surface area contributed by atoms with Crippen LogP contribution in [-0.4, -0.2) is 0 Å². The molecule has 2 aromatic carbocycles. The quantitative estimate of drug-likeness (QED) is 0.765. The van der Waals surface area contributed by atoms with Gasteiger partial charge in [0, 0.05) is 10.0 Å². The monoisotopic (exact) mass is 311 g/mol. The number of nitrogens with zero attached hydrogens (tertiary/aromatic N) is 1. The Bertz CT molecular complexity index is 639. The maximum absolute atomic E-state index is 13.7. The molecule has 0 spiro atoms. The lowest BCUT2D eigenvalue weighted by molar-refractivity contribution is 0.581. The van der Waals surface area contributed by atoms with E-state index in [0.29, 0.717) is 4.47 Å². The van der Waals surface area contributed by atoms with Crippen LogP contribution < -0.4 is 0 Å². The average Bonchev–Trinajstić information content (AvgIpc) is 2.32. The van der Waals surface area contributed by atoms with Crippen LogP contribution in [-0.2, 0) is 0 Å². The zero-order chi connectivity index (χ0) is 13.3. The standard InChI is InChI=1S/C13H5BrF3N/c14-8-1-2-10(15)9(5-8)13-11(16)3-7(6-18)4-12(13)17/h1-5H. The van der Waals surface area contributed by atoms with E-state index in [1.807, 2.05) is 0 Å². The SMILES string of the molecule is N#Cc1cc(F)c(-c2cc(Br)ccc2F)c(F)c1. The predicted molar refractivity (Wildman–Crippen MR) is 64.2 cm³/mol. The van der Waals surface area contributed by atoms with Crippen LogP contribution in [0.15, 0.2) is 34.8 Å². The molecule has 0 amide bonds. The summed E-state index contributed by atoms with van der Waals surface area (Å²) in [6.45, 7) is 0. The zero-order valence-corrected chi connectivity index (χ0v) is 10.4. The van der Waals surface area contributed by atoms with Crippen molar-refractivity contribution in [2.75, 3.05) is 0 Å². The summed E-state index contributed by atoms with van der Waals surface area (Å²) >= 11 is 3.11. The second-order valence-electron chi connectivity index (χ2n) is 3.55. The molecule has 5 heteroatoms. The molecule has 0 atom stereocenters. The summed E-state index contributed by atoms with van der Waals surface area (Å²) in [5.74, 6) is -2.67. The van der Waals surface area contributed by atoms with E-state index >= 15 is 0 Å². The smallest absolute Gasteiger partial charge is 0.135 e. The molecule has 0 aromatic heterocycles. The Morgan fingerprint density at radius 3 is 2.11 bits per heavy atom. The highest BCUT2D eigenvalue weighted by atomic mass is 79.9. The summed E-state index contributed by atoms with van der Waals surface area (Å²) in [6, 6.07) is 7.19. The molecular weight excluding hydrogens is 307 g/mol. The predicted octanol–water partition coefficient (Wildman–Crippen LogP) is 4.41. The van der Waals surface area contributed by atoms with Crippen LogP contribution in [0, 0.1) is 28.8 Å². The lowest BCUT2D eigenvalue weighted by Gasteiger charge is -2.07. The van der Waals surface area contributed by atoms with Crippen molar-refractivity contribution in [3.63, 3.8) is 0 Å². The third-order valence-corrected chi connectivity index (χ3v) is 2.86. The summed E-state index contributed by atoms with van der Waals surface area (Å²) in [7, 11) is 0. The number of benzene rings is 2. The van der Waals surface area contributed by atoms with E-state index in [9.17, 15) is 13.2 Å². The summed E-state index contributed by atoms with van der Waals surface area (Å²) in [5, 5.41) is 8.58. The van der Waals surface area contributed by atoms with E-state index in [1.54, 1.807) is 6.07 Å². The molecule has 0 unspecified atom stereocenters. The van der Waals surface area contributed by atoms with Gasteiger partial charge in [0.25, 0.3) is 0 Å². The Hall–Kier alpha value is -1.80. The zero-order valence-electron chi connectivity index (χ0n) is 8.85. The molecule has 0 aliphatic carbocycles. The van der Waals surface area contributed by atoms with Gasteiger partial charge in [0.1, 0.15) is 17.5 Å². The number of rotatable bonds is 1. The third kappa shape index (κ3) is 2.24. The van der Waals surface area contributed by atoms with Gasteiger partial charge in [-0.3, -0.25) is 0 Å². The molecule has 90 valence electrons. The summed E-state index contributed by atoms with van der Waals surface area (Å²) in [5.41, 5.74) is -0.819. The Balaban J connectivity index is 2.72. The summed E-state index contributed by atoms with van der Waals surface area (Å²) < 4.78 is 41.5. The van der Waals surface area contributed by atoms with Crippen LogP contribution in [0.4, 0.5) is 13.2 Å². The Labute approximate surface area is 110 Å². The molecule has 0 saturated carbocycles. The van der Waals surface area contributed by atoms with Crippen molar-refractivity contribution < 1.29 is 13.2 Å². The van der Waals surface area contributed by atoms with Crippen LogP contribution in [0.3, 0.4) is 0 Å². The first-order chi connectivity index (χ1) is 8.52. The molecule has 0 N–H and O–H groups in total. The van der Waals surface area contributed by atoms with Crippen molar-refractivity contribution in [2.24, 2.45) is 0 Å². The number of hydrogen-bond acceptors (Lipinski definition) is 1. The Morgan fingerprint density at radius 2 is 1.56 bits per heavy atom. The van der Waals surface area contributed by atoms with Crippen LogP contribution in [0.2, 0.25) is 0 Å². The minimum atomic E-state index is -0.969. The van der Waals surface area contributed by atoms with Crippen molar-refractivity contribution in [1.82, 2.24) is 0 Å². The number of nitriles is 1. The Kier molecular flexibility index (Phi) is 3.39. The minimum Gasteiger partial charge on any atom is -0.206 e. The van der Waals surface area contributed by atoms with Gasteiger partial charge in [-0.15, -0.1) is 0 Å². The molecule has 0 saturated heterocycles. The van der Waals surface area contributed by atoms with Gasteiger partial charge in [0.15, 0.2) is 0 Å². The van der Waals surface area contributed by atoms with Gasteiger partial charge >= 0.3 is 0 Å². The Morgan fingerprint density at radius 1 is 0.944 bits per heavy atom. The van der Waals surface area contributed by atoms with E-state index < -0.39 is 23.0 Å². The van der Waals surface area contributed by atoms with E-state index in [4.69, 9.17) is 5.26 Å². The van der Waals surface area contributed by atoms with Gasteiger partial charge in [0.2, 0.25) is 0 Å². The second kappa shape index (κ2) is 4.83. The normalized spacial score (nSPS) is 10.2. The van der Waals surface area contributed by atoms with E-state index in [-0.39, 0.29) is 11.1 Å². The van der Waals surface area contributed by atoms with Crippen molar-refractivity contribution in [1.29, 1.82) is 5.26 Å². The van der Waals surface area contributed by atoms with Crippen molar-refractivity contribution in [2.45, 2.75) is 0 Å². The van der Waals surface area contributed by atoms with Crippen molar-refractivity contribution >= 4 is 15.9 Å². The summed E-state index contributed by atoms with van der Waals surface area (Å²) in [6.07, 6.45) is 0. The van der Waals surface area contributed by atoms with E-state index in [0.717, 1.165) is 18.2 Å². The molecular formula is C13H5BrF3N. The molecule has 18 heavy (non-hydrogen) atoms. The molecule has 2 rings (SSSR count). The molecule has 2 aromatic rings. The molecule has 0 heterocycles.